The van der Waals surface area contributed by atoms with Gasteiger partial charge in [-0.05, 0) is 39.3 Å². The Hall–Kier alpha value is -0.450. The van der Waals surface area contributed by atoms with E-state index in [-0.39, 0.29) is 0 Å². The van der Waals surface area contributed by atoms with Crippen molar-refractivity contribution in [2.45, 2.75) is 58.7 Å². The van der Waals surface area contributed by atoms with Gasteiger partial charge >= 0.3 is 0 Å². The standard InChI is InChI=1S/C14H25N3S/c1-3-7-15-9-13-10-16-14(18-13)11-17-8-5-4-6-12(17)2/h10,12,15H,3-9,11H2,1-2H3. The van der Waals surface area contributed by atoms with Gasteiger partial charge in [-0.2, -0.15) is 0 Å². The fraction of sp³-hybridized carbons (Fsp3) is 0.786. The number of rotatable bonds is 6. The molecule has 0 aliphatic carbocycles. The van der Waals surface area contributed by atoms with E-state index in [4.69, 9.17) is 0 Å². The smallest absolute Gasteiger partial charge is 0.107 e. The molecule has 18 heavy (non-hydrogen) atoms. The summed E-state index contributed by atoms with van der Waals surface area (Å²) in [7, 11) is 0. The largest absolute Gasteiger partial charge is 0.312 e. The van der Waals surface area contributed by atoms with Crippen LogP contribution in [0, 0.1) is 0 Å². The van der Waals surface area contributed by atoms with Crippen molar-refractivity contribution in [3.05, 3.63) is 16.1 Å². The average molecular weight is 267 g/mol. The highest BCUT2D eigenvalue weighted by Crippen LogP contribution is 2.21. The number of aromatic nitrogens is 1. The highest BCUT2D eigenvalue weighted by Gasteiger charge is 2.19. The van der Waals surface area contributed by atoms with E-state index in [9.17, 15) is 0 Å². The average Bonchev–Trinajstić information content (AvgIpc) is 2.80. The lowest BCUT2D eigenvalue weighted by molar-refractivity contribution is 0.152. The number of nitrogens with zero attached hydrogens (tertiary/aromatic N) is 2. The number of nitrogens with one attached hydrogen (secondary N) is 1. The van der Waals surface area contributed by atoms with Crippen LogP contribution in [0.2, 0.25) is 0 Å². The van der Waals surface area contributed by atoms with E-state index < -0.39 is 0 Å². The van der Waals surface area contributed by atoms with Crippen LogP contribution in [-0.4, -0.2) is 29.0 Å². The first-order chi connectivity index (χ1) is 8.79. The zero-order valence-electron chi connectivity index (χ0n) is 11.6. The maximum absolute atomic E-state index is 4.56. The van der Waals surface area contributed by atoms with E-state index in [0.717, 1.165) is 25.7 Å². The van der Waals surface area contributed by atoms with E-state index >= 15 is 0 Å². The number of likely N-dealkylation sites (tertiary alicyclic amines) is 1. The monoisotopic (exact) mass is 267 g/mol. The molecule has 1 unspecified atom stereocenters. The third-order valence-electron chi connectivity index (χ3n) is 3.61. The van der Waals surface area contributed by atoms with Gasteiger partial charge < -0.3 is 5.32 Å². The van der Waals surface area contributed by atoms with Gasteiger partial charge in [-0.1, -0.05) is 13.3 Å². The molecule has 1 atom stereocenters. The summed E-state index contributed by atoms with van der Waals surface area (Å²) in [4.78, 5) is 8.50. The van der Waals surface area contributed by atoms with Crippen LogP contribution < -0.4 is 5.32 Å². The minimum Gasteiger partial charge on any atom is -0.312 e. The number of piperidine rings is 1. The van der Waals surface area contributed by atoms with Gasteiger partial charge in [0, 0.05) is 23.7 Å². The van der Waals surface area contributed by atoms with Gasteiger partial charge in [0.2, 0.25) is 0 Å². The summed E-state index contributed by atoms with van der Waals surface area (Å²) >= 11 is 1.86. The molecule has 0 radical (unpaired) electrons. The van der Waals surface area contributed by atoms with E-state index in [1.807, 2.05) is 17.5 Å². The lowest BCUT2D eigenvalue weighted by Gasteiger charge is -2.32. The van der Waals surface area contributed by atoms with Crippen LogP contribution in [0.1, 0.15) is 49.4 Å². The van der Waals surface area contributed by atoms with E-state index in [2.05, 4.69) is 29.0 Å². The quantitative estimate of drug-likeness (QED) is 0.803. The van der Waals surface area contributed by atoms with Gasteiger partial charge in [-0.3, -0.25) is 4.90 Å². The molecule has 102 valence electrons. The predicted molar refractivity (Wildman–Crippen MR) is 77.8 cm³/mol. The zero-order valence-corrected chi connectivity index (χ0v) is 12.4. The summed E-state index contributed by atoms with van der Waals surface area (Å²) in [6.45, 7) is 8.89. The Morgan fingerprint density at radius 3 is 3.17 bits per heavy atom. The first kappa shape index (κ1) is 14.0. The van der Waals surface area contributed by atoms with Crippen molar-refractivity contribution in [1.29, 1.82) is 0 Å². The predicted octanol–water partition coefficient (Wildman–Crippen LogP) is 3.02. The van der Waals surface area contributed by atoms with Crippen LogP contribution in [-0.2, 0) is 13.1 Å². The Morgan fingerprint density at radius 2 is 2.39 bits per heavy atom. The van der Waals surface area contributed by atoms with Gasteiger partial charge in [0.25, 0.3) is 0 Å². The molecule has 1 N–H and O–H groups in total. The van der Waals surface area contributed by atoms with Crippen LogP contribution in [0.3, 0.4) is 0 Å². The summed E-state index contributed by atoms with van der Waals surface area (Å²) in [5.74, 6) is 0. The highest BCUT2D eigenvalue weighted by molar-refractivity contribution is 7.11. The van der Waals surface area contributed by atoms with Crippen molar-refractivity contribution in [2.75, 3.05) is 13.1 Å². The Balaban J connectivity index is 1.82. The molecule has 4 heteroatoms. The van der Waals surface area contributed by atoms with E-state index in [1.165, 1.54) is 42.1 Å². The minimum atomic E-state index is 0.726. The lowest BCUT2D eigenvalue weighted by Crippen LogP contribution is -2.36. The normalized spacial score (nSPS) is 21.3. The third kappa shape index (κ3) is 4.04. The maximum Gasteiger partial charge on any atom is 0.107 e. The molecule has 1 aromatic heterocycles. The molecule has 1 saturated heterocycles. The molecule has 0 aromatic carbocycles. The van der Waals surface area contributed by atoms with Gasteiger partial charge in [-0.25, -0.2) is 4.98 Å². The Kier molecular flexibility index (Phi) is 5.60. The Labute approximate surface area is 115 Å². The molecule has 0 bridgehead atoms. The van der Waals surface area contributed by atoms with Crippen LogP contribution in [0.5, 0.6) is 0 Å². The number of hydrogen-bond acceptors (Lipinski definition) is 4. The molecular weight excluding hydrogens is 242 g/mol. The summed E-state index contributed by atoms with van der Waals surface area (Å²) < 4.78 is 0. The minimum absolute atomic E-state index is 0.726. The topological polar surface area (TPSA) is 28.2 Å². The summed E-state index contributed by atoms with van der Waals surface area (Å²) in [6.07, 6.45) is 7.31. The maximum atomic E-state index is 4.56. The second-order valence-corrected chi connectivity index (χ2v) is 6.41. The van der Waals surface area contributed by atoms with Gasteiger partial charge in [0.05, 0.1) is 6.54 Å². The zero-order chi connectivity index (χ0) is 12.8. The molecule has 2 rings (SSSR count). The molecule has 1 aliphatic heterocycles. The molecule has 0 spiro atoms. The van der Waals surface area contributed by atoms with Gasteiger partial charge in [-0.15, -0.1) is 11.3 Å². The first-order valence-electron chi connectivity index (χ1n) is 7.18. The highest BCUT2D eigenvalue weighted by atomic mass is 32.1. The summed E-state index contributed by atoms with van der Waals surface area (Å²) in [5.41, 5.74) is 0. The van der Waals surface area contributed by atoms with Crippen molar-refractivity contribution in [1.82, 2.24) is 15.2 Å². The molecule has 2 heterocycles. The summed E-state index contributed by atoms with van der Waals surface area (Å²) in [6, 6.07) is 0.726. The molecule has 0 saturated carbocycles. The van der Waals surface area contributed by atoms with Crippen LogP contribution >= 0.6 is 11.3 Å². The van der Waals surface area contributed by atoms with Crippen molar-refractivity contribution >= 4 is 11.3 Å². The number of thiazole rings is 1. The van der Waals surface area contributed by atoms with Crippen molar-refractivity contribution in [2.24, 2.45) is 0 Å². The Morgan fingerprint density at radius 1 is 1.50 bits per heavy atom. The molecular formula is C14H25N3S. The fourth-order valence-corrected chi connectivity index (χ4v) is 3.38. The lowest BCUT2D eigenvalue weighted by atomic mass is 10.0. The van der Waals surface area contributed by atoms with Crippen molar-refractivity contribution in [3.8, 4) is 0 Å². The molecule has 3 nitrogen and oxygen atoms in total. The second kappa shape index (κ2) is 7.22. The van der Waals surface area contributed by atoms with Crippen molar-refractivity contribution < 1.29 is 0 Å². The van der Waals surface area contributed by atoms with E-state index in [1.54, 1.807) is 0 Å². The van der Waals surface area contributed by atoms with Crippen LogP contribution in [0.15, 0.2) is 6.20 Å². The van der Waals surface area contributed by atoms with Gasteiger partial charge in [0.1, 0.15) is 5.01 Å². The van der Waals surface area contributed by atoms with Gasteiger partial charge in [0.15, 0.2) is 0 Å². The molecule has 0 amide bonds. The molecule has 1 fully saturated rings. The first-order valence-corrected chi connectivity index (χ1v) is 7.99. The summed E-state index contributed by atoms with van der Waals surface area (Å²) in [5, 5.41) is 4.71. The van der Waals surface area contributed by atoms with Crippen LogP contribution in [0.25, 0.3) is 0 Å². The fourth-order valence-electron chi connectivity index (χ4n) is 2.46. The number of hydrogen-bond donors (Lipinski definition) is 1. The third-order valence-corrected chi connectivity index (χ3v) is 4.59. The van der Waals surface area contributed by atoms with E-state index in [0.29, 0.717) is 0 Å². The molecule has 1 aromatic rings. The van der Waals surface area contributed by atoms with Crippen LogP contribution in [0.4, 0.5) is 0 Å². The Bertz CT molecular complexity index is 351. The second-order valence-electron chi connectivity index (χ2n) is 5.21. The molecule has 1 aliphatic rings. The SMILES string of the molecule is CCCNCc1cnc(CN2CCCCC2C)s1. The van der Waals surface area contributed by atoms with Crippen molar-refractivity contribution in [3.63, 3.8) is 0 Å².